The summed E-state index contributed by atoms with van der Waals surface area (Å²) in [5.41, 5.74) is 0.380. The second kappa shape index (κ2) is 2.96. The third-order valence-corrected chi connectivity index (χ3v) is 3.65. The van der Waals surface area contributed by atoms with Crippen molar-refractivity contribution in [1.29, 1.82) is 0 Å². The fraction of sp³-hybridized carbons (Fsp3) is 1.00. The highest BCUT2D eigenvalue weighted by molar-refractivity contribution is 4.98. The molecule has 2 nitrogen and oxygen atoms in total. The summed E-state index contributed by atoms with van der Waals surface area (Å²) >= 11 is 0. The van der Waals surface area contributed by atoms with Crippen molar-refractivity contribution in [2.75, 3.05) is 19.6 Å². The summed E-state index contributed by atoms with van der Waals surface area (Å²) in [6.07, 6.45) is 1.41. The number of hydrogen-bond acceptors (Lipinski definition) is 2. The molecule has 0 bridgehead atoms. The van der Waals surface area contributed by atoms with Gasteiger partial charge in [-0.3, -0.25) is 9.80 Å². The fourth-order valence-electron chi connectivity index (χ4n) is 2.29. The Morgan fingerprint density at radius 3 is 2.08 bits per heavy atom. The van der Waals surface area contributed by atoms with Gasteiger partial charge in [-0.25, -0.2) is 0 Å². The van der Waals surface area contributed by atoms with Crippen LogP contribution < -0.4 is 0 Å². The third-order valence-electron chi connectivity index (χ3n) is 3.65. The van der Waals surface area contributed by atoms with E-state index in [0.29, 0.717) is 5.54 Å². The minimum absolute atomic E-state index is 0.380. The Kier molecular flexibility index (Phi) is 2.16. The first-order chi connectivity index (χ1) is 5.98. The van der Waals surface area contributed by atoms with Crippen LogP contribution in [0.25, 0.3) is 0 Å². The molecule has 2 aliphatic heterocycles. The van der Waals surface area contributed by atoms with Crippen molar-refractivity contribution in [1.82, 2.24) is 9.80 Å². The molecular weight excluding hydrogens is 160 g/mol. The van der Waals surface area contributed by atoms with Crippen LogP contribution in [0.3, 0.4) is 0 Å². The van der Waals surface area contributed by atoms with Crippen LogP contribution in [0.5, 0.6) is 0 Å². The number of hydrogen-bond donors (Lipinski definition) is 0. The average Bonchev–Trinajstić information content (AvgIpc) is 1.89. The Morgan fingerprint density at radius 1 is 1.15 bits per heavy atom. The standard InChI is InChI=1S/C11H22N2/c1-9-5-6-13(9)10-7-12(8-10)11(2,3)4/h9-10H,5-8H2,1-4H3. The predicted molar refractivity (Wildman–Crippen MR) is 55.9 cm³/mol. The quantitative estimate of drug-likeness (QED) is 0.607. The van der Waals surface area contributed by atoms with Crippen molar-refractivity contribution >= 4 is 0 Å². The number of rotatable bonds is 1. The summed E-state index contributed by atoms with van der Waals surface area (Å²) < 4.78 is 0. The first-order valence-electron chi connectivity index (χ1n) is 5.49. The van der Waals surface area contributed by atoms with Gasteiger partial charge in [-0.2, -0.15) is 0 Å². The van der Waals surface area contributed by atoms with Gasteiger partial charge in [0.1, 0.15) is 0 Å². The summed E-state index contributed by atoms with van der Waals surface area (Å²) in [7, 11) is 0. The summed E-state index contributed by atoms with van der Waals surface area (Å²) in [5, 5.41) is 0. The molecule has 1 unspecified atom stereocenters. The smallest absolute Gasteiger partial charge is 0.0353 e. The summed E-state index contributed by atoms with van der Waals surface area (Å²) in [6, 6.07) is 1.72. The fourth-order valence-corrected chi connectivity index (χ4v) is 2.29. The van der Waals surface area contributed by atoms with Gasteiger partial charge < -0.3 is 0 Å². The van der Waals surface area contributed by atoms with Gasteiger partial charge in [0.05, 0.1) is 0 Å². The average molecular weight is 182 g/mol. The molecule has 0 aromatic heterocycles. The monoisotopic (exact) mass is 182 g/mol. The SMILES string of the molecule is CC1CCN1C1CN(C(C)(C)C)C1. The van der Waals surface area contributed by atoms with Crippen molar-refractivity contribution in [2.24, 2.45) is 0 Å². The van der Waals surface area contributed by atoms with Crippen LogP contribution in [-0.4, -0.2) is 47.1 Å². The molecular formula is C11H22N2. The number of likely N-dealkylation sites (tertiary alicyclic amines) is 2. The van der Waals surface area contributed by atoms with Gasteiger partial charge in [0.25, 0.3) is 0 Å². The van der Waals surface area contributed by atoms with Crippen molar-refractivity contribution in [3.8, 4) is 0 Å². The predicted octanol–water partition coefficient (Wildman–Crippen LogP) is 1.56. The topological polar surface area (TPSA) is 6.48 Å². The van der Waals surface area contributed by atoms with Crippen LogP contribution in [0, 0.1) is 0 Å². The summed E-state index contributed by atoms with van der Waals surface area (Å²) in [4.78, 5) is 5.23. The molecule has 0 N–H and O–H groups in total. The van der Waals surface area contributed by atoms with Gasteiger partial charge in [0, 0.05) is 37.3 Å². The van der Waals surface area contributed by atoms with Crippen LogP contribution in [0.4, 0.5) is 0 Å². The molecule has 2 fully saturated rings. The largest absolute Gasteiger partial charge is 0.295 e. The van der Waals surface area contributed by atoms with Gasteiger partial charge in [-0.05, 0) is 34.1 Å². The van der Waals surface area contributed by atoms with E-state index in [1.54, 1.807) is 0 Å². The molecule has 0 aliphatic carbocycles. The molecule has 0 aromatic rings. The second-order valence-corrected chi connectivity index (χ2v) is 5.61. The van der Waals surface area contributed by atoms with E-state index >= 15 is 0 Å². The Hall–Kier alpha value is -0.0800. The molecule has 0 saturated carbocycles. The van der Waals surface area contributed by atoms with Crippen LogP contribution in [-0.2, 0) is 0 Å². The summed E-state index contributed by atoms with van der Waals surface area (Å²) in [5.74, 6) is 0. The zero-order valence-electron chi connectivity index (χ0n) is 9.38. The minimum atomic E-state index is 0.380. The van der Waals surface area contributed by atoms with E-state index in [9.17, 15) is 0 Å². The van der Waals surface area contributed by atoms with Crippen molar-refractivity contribution in [2.45, 2.75) is 51.7 Å². The van der Waals surface area contributed by atoms with E-state index in [-0.39, 0.29) is 0 Å². The van der Waals surface area contributed by atoms with Gasteiger partial charge >= 0.3 is 0 Å². The molecule has 1 atom stereocenters. The van der Waals surface area contributed by atoms with E-state index in [1.165, 1.54) is 26.1 Å². The van der Waals surface area contributed by atoms with Crippen molar-refractivity contribution < 1.29 is 0 Å². The first-order valence-corrected chi connectivity index (χ1v) is 5.49. The van der Waals surface area contributed by atoms with Gasteiger partial charge in [0.2, 0.25) is 0 Å². The molecule has 0 spiro atoms. The van der Waals surface area contributed by atoms with Crippen LogP contribution in [0.15, 0.2) is 0 Å². The lowest BCUT2D eigenvalue weighted by Crippen LogP contribution is -2.68. The minimum Gasteiger partial charge on any atom is -0.295 e. The zero-order chi connectivity index (χ0) is 9.64. The molecule has 76 valence electrons. The molecule has 2 heterocycles. The molecule has 13 heavy (non-hydrogen) atoms. The lowest BCUT2D eigenvalue weighted by molar-refractivity contribution is -0.0672. The lowest BCUT2D eigenvalue weighted by atomic mass is 9.92. The normalized spacial score (nSPS) is 32.8. The first kappa shape index (κ1) is 9.47. The van der Waals surface area contributed by atoms with Gasteiger partial charge in [0.15, 0.2) is 0 Å². The Balaban J connectivity index is 1.78. The van der Waals surface area contributed by atoms with Crippen LogP contribution in [0.2, 0.25) is 0 Å². The van der Waals surface area contributed by atoms with Crippen molar-refractivity contribution in [3.63, 3.8) is 0 Å². The highest BCUT2D eigenvalue weighted by Crippen LogP contribution is 2.29. The Morgan fingerprint density at radius 2 is 1.77 bits per heavy atom. The molecule has 2 aliphatic rings. The van der Waals surface area contributed by atoms with E-state index in [4.69, 9.17) is 0 Å². The Labute approximate surface area is 81.9 Å². The maximum atomic E-state index is 2.66. The molecule has 0 amide bonds. The van der Waals surface area contributed by atoms with E-state index in [2.05, 4.69) is 37.5 Å². The Bertz CT molecular complexity index is 189. The van der Waals surface area contributed by atoms with E-state index in [0.717, 1.165) is 12.1 Å². The second-order valence-electron chi connectivity index (χ2n) is 5.61. The lowest BCUT2D eigenvalue weighted by Gasteiger charge is -2.56. The van der Waals surface area contributed by atoms with Crippen LogP contribution in [0.1, 0.15) is 34.1 Å². The molecule has 2 heteroatoms. The van der Waals surface area contributed by atoms with Gasteiger partial charge in [-0.15, -0.1) is 0 Å². The highest BCUT2D eigenvalue weighted by Gasteiger charge is 2.41. The zero-order valence-corrected chi connectivity index (χ0v) is 9.38. The number of nitrogens with zero attached hydrogens (tertiary/aromatic N) is 2. The maximum absolute atomic E-state index is 2.66. The van der Waals surface area contributed by atoms with E-state index in [1.807, 2.05) is 0 Å². The molecule has 0 radical (unpaired) electrons. The van der Waals surface area contributed by atoms with Crippen molar-refractivity contribution in [3.05, 3.63) is 0 Å². The van der Waals surface area contributed by atoms with E-state index < -0.39 is 0 Å². The molecule has 2 saturated heterocycles. The highest BCUT2D eigenvalue weighted by atomic mass is 15.4. The molecule has 0 aromatic carbocycles. The third kappa shape index (κ3) is 1.62. The maximum Gasteiger partial charge on any atom is 0.0353 e. The summed E-state index contributed by atoms with van der Waals surface area (Å²) in [6.45, 7) is 13.2. The van der Waals surface area contributed by atoms with Crippen LogP contribution >= 0.6 is 0 Å². The van der Waals surface area contributed by atoms with Gasteiger partial charge in [-0.1, -0.05) is 0 Å². The molecule has 2 rings (SSSR count).